The standard InChI is InChI=1S/C15H16FN5O/c1-10(15(22)21-5-2-6-21)20-14-7-13(18-9-19-14)12-4-3-11(16)8-17-12/h3-4,7-10H,2,5-6H2,1H3,(H,18,19,20)/t10-/m1/s1. The smallest absolute Gasteiger partial charge is 0.244 e. The van der Waals surface area contributed by atoms with Crippen LogP contribution in [0.15, 0.2) is 30.7 Å². The average molecular weight is 301 g/mol. The van der Waals surface area contributed by atoms with Crippen molar-refractivity contribution in [3.63, 3.8) is 0 Å². The maximum Gasteiger partial charge on any atom is 0.244 e. The number of hydrogen-bond acceptors (Lipinski definition) is 5. The summed E-state index contributed by atoms with van der Waals surface area (Å²) in [4.78, 5) is 26.1. The van der Waals surface area contributed by atoms with Crippen molar-refractivity contribution in [1.29, 1.82) is 0 Å². The predicted molar refractivity (Wildman–Crippen MR) is 79.5 cm³/mol. The first-order valence-electron chi connectivity index (χ1n) is 7.13. The van der Waals surface area contributed by atoms with Crippen LogP contribution in [-0.2, 0) is 4.79 Å². The Kier molecular flexibility index (Phi) is 3.95. The van der Waals surface area contributed by atoms with E-state index in [9.17, 15) is 9.18 Å². The van der Waals surface area contributed by atoms with E-state index in [1.54, 1.807) is 24.0 Å². The van der Waals surface area contributed by atoms with E-state index in [0.717, 1.165) is 25.7 Å². The number of carbonyl (C=O) groups excluding carboxylic acids is 1. The number of halogens is 1. The molecule has 0 spiro atoms. The maximum absolute atomic E-state index is 12.9. The summed E-state index contributed by atoms with van der Waals surface area (Å²) >= 11 is 0. The monoisotopic (exact) mass is 301 g/mol. The Balaban J connectivity index is 1.73. The first-order valence-corrected chi connectivity index (χ1v) is 7.13. The largest absolute Gasteiger partial charge is 0.359 e. The zero-order valence-corrected chi connectivity index (χ0v) is 12.2. The molecule has 114 valence electrons. The Morgan fingerprint density at radius 3 is 2.73 bits per heavy atom. The number of hydrogen-bond donors (Lipinski definition) is 1. The van der Waals surface area contributed by atoms with Gasteiger partial charge in [0.25, 0.3) is 0 Å². The predicted octanol–water partition coefficient (Wildman–Crippen LogP) is 1.71. The fraction of sp³-hybridized carbons (Fsp3) is 0.333. The van der Waals surface area contributed by atoms with E-state index in [0.29, 0.717) is 17.2 Å². The molecule has 1 atom stereocenters. The summed E-state index contributed by atoms with van der Waals surface area (Å²) in [5.74, 6) is 0.203. The van der Waals surface area contributed by atoms with Crippen molar-refractivity contribution in [3.05, 3.63) is 36.5 Å². The second-order valence-electron chi connectivity index (χ2n) is 5.20. The van der Waals surface area contributed by atoms with E-state index in [-0.39, 0.29) is 11.9 Å². The fourth-order valence-electron chi connectivity index (χ4n) is 2.20. The van der Waals surface area contributed by atoms with Crippen LogP contribution in [0.25, 0.3) is 11.4 Å². The van der Waals surface area contributed by atoms with Crippen LogP contribution in [0.4, 0.5) is 10.2 Å². The minimum absolute atomic E-state index is 0.0614. The summed E-state index contributed by atoms with van der Waals surface area (Å²) in [5, 5.41) is 3.07. The molecule has 3 rings (SSSR count). The molecule has 0 saturated carbocycles. The summed E-state index contributed by atoms with van der Waals surface area (Å²) in [6.07, 6.45) is 3.59. The van der Waals surface area contributed by atoms with E-state index in [1.807, 2.05) is 0 Å². The van der Waals surface area contributed by atoms with Crippen molar-refractivity contribution in [2.75, 3.05) is 18.4 Å². The molecule has 0 radical (unpaired) electrons. The summed E-state index contributed by atoms with van der Waals surface area (Å²) < 4.78 is 12.9. The van der Waals surface area contributed by atoms with Crippen LogP contribution in [0.2, 0.25) is 0 Å². The first-order chi connectivity index (χ1) is 10.6. The molecule has 1 saturated heterocycles. The number of pyridine rings is 1. The number of amides is 1. The van der Waals surface area contributed by atoms with Crippen LogP contribution in [0, 0.1) is 5.82 Å². The summed E-state index contributed by atoms with van der Waals surface area (Å²) in [6.45, 7) is 3.44. The Morgan fingerprint density at radius 1 is 1.27 bits per heavy atom. The molecule has 2 aromatic rings. The van der Waals surface area contributed by atoms with Gasteiger partial charge in [0.1, 0.15) is 24.0 Å². The average Bonchev–Trinajstić information content (AvgIpc) is 2.46. The van der Waals surface area contributed by atoms with Gasteiger partial charge in [-0.25, -0.2) is 14.4 Å². The lowest BCUT2D eigenvalue weighted by molar-refractivity contribution is -0.135. The summed E-state index contributed by atoms with van der Waals surface area (Å²) in [7, 11) is 0. The molecule has 0 bridgehead atoms. The molecule has 1 aliphatic rings. The molecule has 0 unspecified atom stereocenters. The number of rotatable bonds is 4. The number of anilines is 1. The molecule has 1 N–H and O–H groups in total. The third kappa shape index (κ3) is 3.03. The van der Waals surface area contributed by atoms with Crippen molar-refractivity contribution in [2.45, 2.75) is 19.4 Å². The van der Waals surface area contributed by atoms with Crippen molar-refractivity contribution < 1.29 is 9.18 Å². The lowest BCUT2D eigenvalue weighted by atomic mass is 10.1. The molecule has 2 aromatic heterocycles. The molecule has 0 aliphatic carbocycles. The maximum atomic E-state index is 12.9. The SMILES string of the molecule is C[C@@H](Nc1cc(-c2ccc(F)cn2)ncn1)C(=O)N1CCC1. The molecule has 22 heavy (non-hydrogen) atoms. The third-order valence-corrected chi connectivity index (χ3v) is 3.56. The number of nitrogens with one attached hydrogen (secondary N) is 1. The van der Waals surface area contributed by atoms with E-state index in [1.165, 1.54) is 12.4 Å². The van der Waals surface area contributed by atoms with Gasteiger partial charge in [-0.15, -0.1) is 0 Å². The van der Waals surface area contributed by atoms with Crippen molar-refractivity contribution >= 4 is 11.7 Å². The van der Waals surface area contributed by atoms with Crippen LogP contribution < -0.4 is 5.32 Å². The molecule has 6 nitrogen and oxygen atoms in total. The van der Waals surface area contributed by atoms with Gasteiger partial charge in [0.15, 0.2) is 0 Å². The number of nitrogens with zero attached hydrogens (tertiary/aromatic N) is 4. The molecule has 1 fully saturated rings. The normalized spacial score (nSPS) is 15.1. The van der Waals surface area contributed by atoms with Crippen LogP contribution in [0.3, 0.4) is 0 Å². The van der Waals surface area contributed by atoms with E-state index in [2.05, 4.69) is 20.3 Å². The van der Waals surface area contributed by atoms with Gasteiger partial charge >= 0.3 is 0 Å². The zero-order chi connectivity index (χ0) is 15.5. The number of aromatic nitrogens is 3. The third-order valence-electron chi connectivity index (χ3n) is 3.56. The minimum Gasteiger partial charge on any atom is -0.359 e. The molecule has 7 heteroatoms. The van der Waals surface area contributed by atoms with Gasteiger partial charge < -0.3 is 10.2 Å². The fourth-order valence-corrected chi connectivity index (χ4v) is 2.20. The summed E-state index contributed by atoms with van der Waals surface area (Å²) in [6, 6.07) is 4.22. The highest BCUT2D eigenvalue weighted by Crippen LogP contribution is 2.17. The molecule has 1 amide bonds. The zero-order valence-electron chi connectivity index (χ0n) is 12.2. The molecular weight excluding hydrogens is 285 g/mol. The van der Waals surface area contributed by atoms with Gasteiger partial charge in [-0.3, -0.25) is 9.78 Å². The Labute approximate surface area is 127 Å². The number of carbonyl (C=O) groups is 1. The Bertz CT molecular complexity index is 672. The van der Waals surface area contributed by atoms with Crippen molar-refractivity contribution in [3.8, 4) is 11.4 Å². The molecule has 1 aliphatic heterocycles. The van der Waals surface area contributed by atoms with E-state index < -0.39 is 5.82 Å². The van der Waals surface area contributed by atoms with Crippen LogP contribution in [0.5, 0.6) is 0 Å². The van der Waals surface area contributed by atoms with Crippen molar-refractivity contribution in [1.82, 2.24) is 19.9 Å². The quantitative estimate of drug-likeness (QED) is 0.931. The molecular formula is C15H16FN5O. The van der Waals surface area contributed by atoms with Crippen LogP contribution >= 0.6 is 0 Å². The van der Waals surface area contributed by atoms with Crippen LogP contribution in [0.1, 0.15) is 13.3 Å². The highest BCUT2D eigenvalue weighted by molar-refractivity contribution is 5.84. The van der Waals surface area contributed by atoms with Gasteiger partial charge in [-0.05, 0) is 25.5 Å². The lowest BCUT2D eigenvalue weighted by Crippen LogP contribution is -2.48. The number of likely N-dealkylation sites (tertiary alicyclic amines) is 1. The van der Waals surface area contributed by atoms with Gasteiger partial charge in [0.05, 0.1) is 17.6 Å². The van der Waals surface area contributed by atoms with Gasteiger partial charge in [0, 0.05) is 19.2 Å². The Hall–Kier alpha value is -2.57. The summed E-state index contributed by atoms with van der Waals surface area (Å²) in [5.41, 5.74) is 1.12. The van der Waals surface area contributed by atoms with Crippen LogP contribution in [-0.4, -0.2) is 44.9 Å². The first kappa shape index (κ1) is 14.4. The lowest BCUT2D eigenvalue weighted by Gasteiger charge is -2.33. The Morgan fingerprint density at radius 2 is 2.09 bits per heavy atom. The highest BCUT2D eigenvalue weighted by Gasteiger charge is 2.25. The second-order valence-corrected chi connectivity index (χ2v) is 5.20. The minimum atomic E-state index is -0.398. The van der Waals surface area contributed by atoms with Gasteiger partial charge in [0.2, 0.25) is 5.91 Å². The van der Waals surface area contributed by atoms with Crippen molar-refractivity contribution in [2.24, 2.45) is 0 Å². The van der Waals surface area contributed by atoms with E-state index >= 15 is 0 Å². The van der Waals surface area contributed by atoms with E-state index in [4.69, 9.17) is 0 Å². The molecule has 3 heterocycles. The van der Waals surface area contributed by atoms with Gasteiger partial charge in [-0.2, -0.15) is 0 Å². The van der Waals surface area contributed by atoms with Gasteiger partial charge in [-0.1, -0.05) is 0 Å². The topological polar surface area (TPSA) is 71.0 Å². The second kappa shape index (κ2) is 6.05. The highest BCUT2D eigenvalue weighted by atomic mass is 19.1. The molecule has 0 aromatic carbocycles.